The normalized spacial score (nSPS) is 17.4. The molecule has 1 atom stereocenters. The number of amides is 1. The predicted octanol–water partition coefficient (Wildman–Crippen LogP) is 4.83. The Bertz CT molecular complexity index is 991. The molecule has 0 spiro atoms. The van der Waals surface area contributed by atoms with Gasteiger partial charge in [-0.1, -0.05) is 36.4 Å². The van der Waals surface area contributed by atoms with Gasteiger partial charge in [0, 0.05) is 40.3 Å². The zero-order chi connectivity index (χ0) is 17.9. The fourth-order valence-electron chi connectivity index (χ4n) is 4.19. The van der Waals surface area contributed by atoms with Gasteiger partial charge in [-0.05, 0) is 45.4 Å². The number of aryl methyl sites for hydroxylation is 1. The summed E-state index contributed by atoms with van der Waals surface area (Å²) in [7, 11) is 2.10. The molecular weight excluding hydrogens is 308 g/mol. The zero-order valence-electron chi connectivity index (χ0n) is 15.5. The Labute approximate surface area is 148 Å². The number of fused-ring (bicyclic) bond motifs is 2. The summed E-state index contributed by atoms with van der Waals surface area (Å²) >= 11 is 0. The molecule has 25 heavy (non-hydrogen) atoms. The van der Waals surface area contributed by atoms with Gasteiger partial charge in [-0.2, -0.15) is 0 Å². The molecule has 128 valence electrons. The van der Waals surface area contributed by atoms with Crippen LogP contribution < -0.4 is 0 Å². The van der Waals surface area contributed by atoms with Crippen molar-refractivity contribution >= 4 is 16.8 Å². The number of rotatable bonds is 1. The fraction of sp³-hybridized carbons (Fsp3) is 0.318. The molecule has 1 aliphatic rings. The molecule has 1 aliphatic heterocycles. The smallest absolute Gasteiger partial charge is 0.255 e. The second kappa shape index (κ2) is 5.22. The van der Waals surface area contributed by atoms with Crippen molar-refractivity contribution in [1.29, 1.82) is 0 Å². The molecule has 2 aromatic carbocycles. The van der Waals surface area contributed by atoms with E-state index in [0.717, 1.165) is 11.1 Å². The molecule has 0 aliphatic carbocycles. The molecule has 0 saturated heterocycles. The standard InChI is InChI=1S/C22H24N2O/c1-14-19(17-12-8-9-13-18(17)23(14)5)20-15-10-6-7-11-16(15)21(25)24(20)22(2,3)4/h6-13,20H,1-5H3/t20-/m1/s1. The van der Waals surface area contributed by atoms with Gasteiger partial charge in [0.2, 0.25) is 0 Å². The summed E-state index contributed by atoms with van der Waals surface area (Å²) in [5.41, 5.74) is 5.35. The van der Waals surface area contributed by atoms with Crippen molar-refractivity contribution in [2.75, 3.05) is 0 Å². The van der Waals surface area contributed by atoms with Crippen molar-refractivity contribution in [3.05, 3.63) is 70.9 Å². The first-order valence-electron chi connectivity index (χ1n) is 8.79. The number of hydrogen-bond acceptors (Lipinski definition) is 1. The number of hydrogen-bond donors (Lipinski definition) is 0. The van der Waals surface area contributed by atoms with E-state index in [4.69, 9.17) is 0 Å². The minimum absolute atomic E-state index is 0.0465. The maximum absolute atomic E-state index is 13.2. The molecule has 0 fully saturated rings. The lowest BCUT2D eigenvalue weighted by Gasteiger charge is -2.38. The topological polar surface area (TPSA) is 25.2 Å². The van der Waals surface area contributed by atoms with Crippen molar-refractivity contribution in [2.24, 2.45) is 7.05 Å². The lowest BCUT2D eigenvalue weighted by molar-refractivity contribution is 0.0552. The Kier molecular flexibility index (Phi) is 3.33. The van der Waals surface area contributed by atoms with Crippen molar-refractivity contribution in [3.8, 4) is 0 Å². The lowest BCUT2D eigenvalue weighted by atomic mass is 9.93. The number of aromatic nitrogens is 1. The minimum atomic E-state index is -0.260. The number of nitrogens with zero attached hydrogens (tertiary/aromatic N) is 2. The van der Waals surface area contributed by atoms with E-state index < -0.39 is 0 Å². The van der Waals surface area contributed by atoms with Crippen LogP contribution in [0, 0.1) is 6.92 Å². The van der Waals surface area contributed by atoms with Gasteiger partial charge in [-0.3, -0.25) is 4.79 Å². The monoisotopic (exact) mass is 332 g/mol. The first kappa shape index (κ1) is 15.9. The van der Waals surface area contributed by atoms with E-state index in [1.165, 1.54) is 22.2 Å². The van der Waals surface area contributed by atoms with Gasteiger partial charge in [0.05, 0.1) is 6.04 Å². The van der Waals surface area contributed by atoms with E-state index in [0.29, 0.717) is 0 Å². The van der Waals surface area contributed by atoms with Crippen LogP contribution in [0.15, 0.2) is 48.5 Å². The third-order valence-corrected chi connectivity index (χ3v) is 5.41. The third-order valence-electron chi connectivity index (χ3n) is 5.41. The molecule has 2 heterocycles. The third kappa shape index (κ3) is 2.15. The summed E-state index contributed by atoms with van der Waals surface area (Å²) in [5, 5.41) is 1.23. The highest BCUT2D eigenvalue weighted by atomic mass is 16.2. The molecule has 3 heteroatoms. The summed E-state index contributed by atoms with van der Waals surface area (Å²) in [6, 6.07) is 16.5. The van der Waals surface area contributed by atoms with Gasteiger partial charge in [0.1, 0.15) is 0 Å². The average molecular weight is 332 g/mol. The first-order valence-corrected chi connectivity index (χ1v) is 8.79. The molecule has 3 aromatic rings. The van der Waals surface area contributed by atoms with Crippen LogP contribution in [0.2, 0.25) is 0 Å². The van der Waals surface area contributed by atoms with Crippen molar-refractivity contribution in [3.63, 3.8) is 0 Å². The summed E-state index contributed by atoms with van der Waals surface area (Å²) < 4.78 is 2.23. The minimum Gasteiger partial charge on any atom is -0.348 e. The SMILES string of the molecule is Cc1c([C@H]2c3ccccc3C(=O)N2C(C)(C)C)c2ccccc2n1C. The highest BCUT2D eigenvalue weighted by Crippen LogP contribution is 2.46. The van der Waals surface area contributed by atoms with Crippen LogP contribution in [0.25, 0.3) is 10.9 Å². The van der Waals surface area contributed by atoms with Gasteiger partial charge in [-0.25, -0.2) is 0 Å². The Morgan fingerprint density at radius 2 is 1.60 bits per heavy atom. The van der Waals surface area contributed by atoms with Gasteiger partial charge in [-0.15, -0.1) is 0 Å². The molecule has 4 rings (SSSR count). The summed E-state index contributed by atoms with van der Waals surface area (Å²) in [6.07, 6.45) is 0. The van der Waals surface area contributed by atoms with E-state index in [1.807, 2.05) is 23.1 Å². The molecule has 0 bridgehead atoms. The number of benzene rings is 2. The highest BCUT2D eigenvalue weighted by Gasteiger charge is 2.44. The lowest BCUT2D eigenvalue weighted by Crippen LogP contribution is -2.44. The maximum atomic E-state index is 13.2. The van der Waals surface area contributed by atoms with Crippen LogP contribution in [0.1, 0.15) is 54.0 Å². The quantitative estimate of drug-likeness (QED) is 0.626. The molecular formula is C22H24N2O. The Balaban J connectivity index is 2.07. The molecule has 1 aromatic heterocycles. The summed E-state index contributed by atoms with van der Waals surface area (Å²) in [4.78, 5) is 15.2. The van der Waals surface area contributed by atoms with E-state index in [1.54, 1.807) is 0 Å². The zero-order valence-corrected chi connectivity index (χ0v) is 15.5. The van der Waals surface area contributed by atoms with Crippen LogP contribution in [-0.2, 0) is 7.05 Å². The largest absolute Gasteiger partial charge is 0.348 e. The fourth-order valence-corrected chi connectivity index (χ4v) is 4.19. The van der Waals surface area contributed by atoms with Crippen molar-refractivity contribution in [2.45, 2.75) is 39.3 Å². The second-order valence-corrected chi connectivity index (χ2v) is 7.91. The first-order chi connectivity index (χ1) is 11.8. The summed E-state index contributed by atoms with van der Waals surface area (Å²) in [6.45, 7) is 8.50. The Morgan fingerprint density at radius 1 is 0.960 bits per heavy atom. The van der Waals surface area contributed by atoms with Gasteiger partial charge in [0.15, 0.2) is 0 Å². The maximum Gasteiger partial charge on any atom is 0.255 e. The van der Waals surface area contributed by atoms with E-state index >= 15 is 0 Å². The van der Waals surface area contributed by atoms with Crippen LogP contribution >= 0.6 is 0 Å². The molecule has 0 unspecified atom stereocenters. The number of para-hydroxylation sites is 1. The van der Waals surface area contributed by atoms with Gasteiger partial charge >= 0.3 is 0 Å². The van der Waals surface area contributed by atoms with Gasteiger partial charge < -0.3 is 9.47 Å². The predicted molar refractivity (Wildman–Crippen MR) is 102 cm³/mol. The molecule has 0 saturated carbocycles. The Hall–Kier alpha value is -2.55. The number of carbonyl (C=O) groups is 1. The molecule has 1 amide bonds. The van der Waals surface area contributed by atoms with E-state index in [-0.39, 0.29) is 17.5 Å². The van der Waals surface area contributed by atoms with Crippen LogP contribution in [0.5, 0.6) is 0 Å². The second-order valence-electron chi connectivity index (χ2n) is 7.91. The highest BCUT2D eigenvalue weighted by molar-refractivity contribution is 6.01. The average Bonchev–Trinajstić information content (AvgIpc) is 3.01. The van der Waals surface area contributed by atoms with Crippen molar-refractivity contribution in [1.82, 2.24) is 9.47 Å². The Morgan fingerprint density at radius 3 is 2.32 bits per heavy atom. The van der Waals surface area contributed by atoms with Crippen LogP contribution in [0.3, 0.4) is 0 Å². The molecule has 0 N–H and O–H groups in total. The van der Waals surface area contributed by atoms with Gasteiger partial charge in [0.25, 0.3) is 5.91 Å². The number of carbonyl (C=O) groups excluding carboxylic acids is 1. The van der Waals surface area contributed by atoms with Crippen molar-refractivity contribution < 1.29 is 4.79 Å². The van der Waals surface area contributed by atoms with Crippen LogP contribution in [-0.4, -0.2) is 20.9 Å². The molecule has 3 nitrogen and oxygen atoms in total. The van der Waals surface area contributed by atoms with E-state index in [9.17, 15) is 4.79 Å². The van der Waals surface area contributed by atoms with E-state index in [2.05, 4.69) is 69.6 Å². The van der Waals surface area contributed by atoms with Crippen LogP contribution in [0.4, 0.5) is 0 Å². The molecule has 0 radical (unpaired) electrons. The summed E-state index contributed by atoms with van der Waals surface area (Å²) in [5.74, 6) is 0.125.